The zero-order valence-electron chi connectivity index (χ0n) is 17.7. The summed E-state index contributed by atoms with van der Waals surface area (Å²) in [6.07, 6.45) is 0. The van der Waals surface area contributed by atoms with Gasteiger partial charge in [0.1, 0.15) is 10.6 Å². The van der Waals surface area contributed by atoms with E-state index >= 15 is 0 Å². The predicted molar refractivity (Wildman–Crippen MR) is 125 cm³/mol. The third-order valence-corrected chi connectivity index (χ3v) is 5.05. The van der Waals surface area contributed by atoms with Gasteiger partial charge >= 0.3 is 17.8 Å². The Morgan fingerprint density at radius 3 is 2.12 bits per heavy atom. The molecule has 0 spiro atoms. The lowest BCUT2D eigenvalue weighted by molar-refractivity contribution is -0.136. The van der Waals surface area contributed by atoms with Gasteiger partial charge in [-0.25, -0.2) is 10.2 Å². The molecule has 3 aromatic rings. The number of carbonyl (C=O) groups is 4. The second-order valence-electron chi connectivity index (χ2n) is 6.71. The number of esters is 1. The lowest BCUT2D eigenvalue weighted by Gasteiger charge is -2.09. The minimum absolute atomic E-state index is 0.220. The van der Waals surface area contributed by atoms with Crippen LogP contribution in [-0.2, 0) is 14.4 Å². The summed E-state index contributed by atoms with van der Waals surface area (Å²) in [6.45, 7) is 2.99. The summed E-state index contributed by atoms with van der Waals surface area (Å²) in [6, 6.07) is 16.4. The third kappa shape index (κ3) is 6.58. The van der Waals surface area contributed by atoms with Crippen LogP contribution in [0.5, 0.6) is 5.75 Å². The van der Waals surface area contributed by atoms with Gasteiger partial charge in [0.05, 0.1) is 5.71 Å². The average Bonchev–Trinajstić information content (AvgIpc) is 3.34. The fourth-order valence-electron chi connectivity index (χ4n) is 2.67. The molecule has 0 aliphatic rings. The summed E-state index contributed by atoms with van der Waals surface area (Å²) in [5, 5.41) is 10.8. The van der Waals surface area contributed by atoms with Crippen LogP contribution >= 0.6 is 11.3 Å². The van der Waals surface area contributed by atoms with Gasteiger partial charge in [0, 0.05) is 23.9 Å². The Morgan fingerprint density at radius 1 is 0.818 bits per heavy atom. The van der Waals surface area contributed by atoms with E-state index in [9.17, 15) is 19.2 Å². The maximum Gasteiger partial charge on any atom is 0.353 e. The van der Waals surface area contributed by atoms with Crippen LogP contribution in [0.4, 0.5) is 11.4 Å². The highest BCUT2D eigenvalue weighted by Crippen LogP contribution is 2.21. The van der Waals surface area contributed by atoms with Gasteiger partial charge in [-0.1, -0.05) is 18.2 Å². The molecule has 0 saturated carbocycles. The maximum atomic E-state index is 12.3. The Labute approximate surface area is 193 Å². The van der Waals surface area contributed by atoms with Gasteiger partial charge in [-0.15, -0.1) is 11.3 Å². The molecule has 0 saturated heterocycles. The van der Waals surface area contributed by atoms with Crippen LogP contribution in [0, 0.1) is 0 Å². The second kappa shape index (κ2) is 10.8. The molecule has 3 N–H and O–H groups in total. The molecule has 168 valence electrons. The topological polar surface area (TPSA) is 126 Å². The summed E-state index contributed by atoms with van der Waals surface area (Å²) in [5.41, 5.74) is 3.94. The van der Waals surface area contributed by atoms with E-state index in [0.29, 0.717) is 27.5 Å². The van der Waals surface area contributed by atoms with Crippen LogP contribution in [0.2, 0.25) is 0 Å². The number of nitrogens with one attached hydrogen (secondary N) is 3. The lowest BCUT2D eigenvalue weighted by atomic mass is 10.1. The van der Waals surface area contributed by atoms with Gasteiger partial charge in [0.15, 0.2) is 0 Å². The molecule has 10 heteroatoms. The second-order valence-corrected chi connectivity index (χ2v) is 7.66. The smallest absolute Gasteiger partial charge is 0.353 e. The van der Waals surface area contributed by atoms with E-state index in [4.69, 9.17) is 4.74 Å². The number of benzene rings is 2. The number of rotatable bonds is 6. The quantitative estimate of drug-likeness (QED) is 0.169. The van der Waals surface area contributed by atoms with E-state index in [1.165, 1.54) is 18.3 Å². The Kier molecular flexibility index (Phi) is 7.66. The molecule has 1 aromatic heterocycles. The van der Waals surface area contributed by atoms with Crippen LogP contribution in [0.3, 0.4) is 0 Å². The van der Waals surface area contributed by atoms with Crippen LogP contribution in [0.25, 0.3) is 0 Å². The number of carbonyl (C=O) groups excluding carboxylic acids is 4. The number of anilines is 2. The molecule has 3 amide bonds. The number of hydrazone groups is 1. The Morgan fingerprint density at radius 2 is 1.48 bits per heavy atom. The molecular weight excluding hydrogens is 444 g/mol. The van der Waals surface area contributed by atoms with Gasteiger partial charge in [0.2, 0.25) is 5.91 Å². The first kappa shape index (κ1) is 23.4. The van der Waals surface area contributed by atoms with Gasteiger partial charge < -0.3 is 15.4 Å². The van der Waals surface area contributed by atoms with Gasteiger partial charge in [-0.2, -0.15) is 5.10 Å². The molecule has 0 bridgehead atoms. The zero-order chi connectivity index (χ0) is 23.8. The van der Waals surface area contributed by atoms with Crippen molar-refractivity contribution in [3.05, 3.63) is 76.5 Å². The van der Waals surface area contributed by atoms with E-state index in [0.717, 1.165) is 0 Å². The summed E-state index contributed by atoms with van der Waals surface area (Å²) in [4.78, 5) is 48.0. The van der Waals surface area contributed by atoms with Gasteiger partial charge in [0.25, 0.3) is 0 Å². The molecule has 0 atom stereocenters. The molecule has 0 unspecified atom stereocenters. The predicted octanol–water partition coefficient (Wildman–Crippen LogP) is 3.40. The average molecular weight is 465 g/mol. The normalized spacial score (nSPS) is 10.8. The molecular formula is C23H20N4O5S. The van der Waals surface area contributed by atoms with Crippen LogP contribution in [0.1, 0.15) is 29.1 Å². The molecule has 2 aromatic carbocycles. The SMILES string of the molecule is CC(=O)Nc1ccc(NC(=O)C(=O)N/N=C(\C)c2ccccc2OC(=O)c2cccs2)cc1. The molecule has 0 aliphatic heterocycles. The Bertz CT molecular complexity index is 1200. The summed E-state index contributed by atoms with van der Waals surface area (Å²) in [7, 11) is 0. The van der Waals surface area contributed by atoms with E-state index in [2.05, 4.69) is 21.2 Å². The van der Waals surface area contributed by atoms with Crippen molar-refractivity contribution >= 4 is 52.1 Å². The number of para-hydroxylation sites is 1. The molecule has 0 aliphatic carbocycles. The van der Waals surface area contributed by atoms with Crippen LogP contribution < -0.4 is 20.8 Å². The molecule has 33 heavy (non-hydrogen) atoms. The molecule has 3 rings (SSSR count). The maximum absolute atomic E-state index is 12.3. The van der Waals surface area contributed by atoms with Crippen molar-refractivity contribution in [1.29, 1.82) is 0 Å². The first-order chi connectivity index (χ1) is 15.8. The fraction of sp³-hybridized carbons (Fsp3) is 0.0870. The summed E-state index contributed by atoms with van der Waals surface area (Å²) >= 11 is 1.26. The number of hydrogen-bond acceptors (Lipinski definition) is 7. The van der Waals surface area contributed by atoms with Crippen molar-refractivity contribution in [3.63, 3.8) is 0 Å². The van der Waals surface area contributed by atoms with Crippen LogP contribution in [0.15, 0.2) is 71.1 Å². The van der Waals surface area contributed by atoms with E-state index in [1.807, 2.05) is 0 Å². The monoisotopic (exact) mass is 464 g/mol. The van der Waals surface area contributed by atoms with E-state index < -0.39 is 17.8 Å². The number of amides is 3. The van der Waals surface area contributed by atoms with Crippen molar-refractivity contribution in [3.8, 4) is 5.75 Å². The van der Waals surface area contributed by atoms with Crippen molar-refractivity contribution in [2.45, 2.75) is 13.8 Å². The number of nitrogens with zero attached hydrogens (tertiary/aromatic N) is 1. The molecule has 0 radical (unpaired) electrons. The largest absolute Gasteiger partial charge is 0.422 e. The van der Waals surface area contributed by atoms with Crippen molar-refractivity contribution in [2.75, 3.05) is 10.6 Å². The highest BCUT2D eigenvalue weighted by molar-refractivity contribution is 7.12. The number of hydrogen-bond donors (Lipinski definition) is 3. The molecule has 1 heterocycles. The third-order valence-electron chi connectivity index (χ3n) is 4.20. The van der Waals surface area contributed by atoms with E-state index in [-0.39, 0.29) is 11.7 Å². The van der Waals surface area contributed by atoms with Gasteiger partial charge in [-0.3, -0.25) is 14.4 Å². The highest BCUT2D eigenvalue weighted by atomic mass is 32.1. The minimum atomic E-state index is -0.978. The standard InChI is InChI=1S/C23H20N4O5S/c1-14(18-6-3-4-7-19(18)32-23(31)20-8-5-13-33-20)26-27-22(30)21(29)25-17-11-9-16(10-12-17)24-15(2)28/h3-13H,1-2H3,(H,24,28)(H,25,29)(H,27,30)/b26-14+. The van der Waals surface area contributed by atoms with Crippen molar-refractivity contribution in [2.24, 2.45) is 5.10 Å². The lowest BCUT2D eigenvalue weighted by Crippen LogP contribution is -2.33. The summed E-state index contributed by atoms with van der Waals surface area (Å²) < 4.78 is 5.45. The van der Waals surface area contributed by atoms with Gasteiger partial charge in [-0.05, 0) is 54.8 Å². The van der Waals surface area contributed by atoms with Crippen LogP contribution in [-0.4, -0.2) is 29.4 Å². The highest BCUT2D eigenvalue weighted by Gasteiger charge is 2.16. The first-order valence-corrected chi connectivity index (χ1v) is 10.6. The minimum Gasteiger partial charge on any atom is -0.422 e. The zero-order valence-corrected chi connectivity index (χ0v) is 18.6. The Hall–Kier alpha value is -4.31. The Balaban J connectivity index is 1.62. The molecule has 9 nitrogen and oxygen atoms in total. The van der Waals surface area contributed by atoms with E-state index in [1.54, 1.807) is 73.0 Å². The first-order valence-electron chi connectivity index (χ1n) is 9.72. The number of thiophene rings is 1. The van der Waals surface area contributed by atoms with Crippen molar-refractivity contribution < 1.29 is 23.9 Å². The number of ether oxygens (including phenoxy) is 1. The molecule has 0 fully saturated rings. The van der Waals surface area contributed by atoms with Crippen molar-refractivity contribution in [1.82, 2.24) is 5.43 Å². The summed E-state index contributed by atoms with van der Waals surface area (Å²) in [5.74, 6) is -2.35. The fourth-order valence-corrected chi connectivity index (χ4v) is 3.27.